The van der Waals surface area contributed by atoms with E-state index in [2.05, 4.69) is 44.3 Å². The smallest absolute Gasteiger partial charge is 0.223 e. The Kier molecular flexibility index (Phi) is 8.93. The maximum absolute atomic E-state index is 11.5. The normalized spacial score (nSPS) is 15.6. The van der Waals surface area contributed by atoms with E-state index in [0.29, 0.717) is 5.92 Å². The van der Waals surface area contributed by atoms with Gasteiger partial charge in [0.2, 0.25) is 5.91 Å². The van der Waals surface area contributed by atoms with Gasteiger partial charge in [-0.15, -0.1) is 0 Å². The van der Waals surface area contributed by atoms with Crippen molar-refractivity contribution < 1.29 is 4.79 Å². The molecule has 3 nitrogen and oxygen atoms in total. The largest absolute Gasteiger partial charge is 0.317 e. The molecule has 1 atom stereocenters. The number of nitrogens with one attached hydrogen (secondary N) is 1. The van der Waals surface area contributed by atoms with Gasteiger partial charge >= 0.3 is 0 Å². The molecule has 0 saturated heterocycles. The van der Waals surface area contributed by atoms with E-state index >= 15 is 0 Å². The number of amides is 1. The lowest BCUT2D eigenvalue weighted by atomic mass is 10.0. The molecule has 23 heavy (non-hydrogen) atoms. The van der Waals surface area contributed by atoms with Gasteiger partial charge in [-0.25, -0.2) is 0 Å². The molecule has 0 radical (unpaired) electrons. The number of rotatable bonds is 6. The second-order valence-electron chi connectivity index (χ2n) is 6.34. The molecule has 1 unspecified atom stereocenters. The zero-order valence-electron chi connectivity index (χ0n) is 15.6. The Morgan fingerprint density at radius 2 is 1.87 bits per heavy atom. The average molecular weight is 319 g/mol. The number of nitrogens with zero attached hydrogens (tertiary/aromatic N) is 1. The quantitative estimate of drug-likeness (QED) is 0.783. The van der Waals surface area contributed by atoms with Crippen LogP contribution in [0.5, 0.6) is 0 Å². The number of carbonyl (C=O) groups excluding carboxylic acids is 1. The molecule has 0 aliphatic heterocycles. The number of anilines is 1. The van der Waals surface area contributed by atoms with Crippen molar-refractivity contribution in [3.63, 3.8) is 0 Å². The van der Waals surface area contributed by atoms with Gasteiger partial charge in [-0.1, -0.05) is 26.8 Å². The molecule has 130 valence electrons. The Morgan fingerprint density at radius 1 is 1.22 bits per heavy atom. The van der Waals surface area contributed by atoms with Gasteiger partial charge in [0.1, 0.15) is 0 Å². The van der Waals surface area contributed by atoms with Gasteiger partial charge in [0.05, 0.1) is 0 Å². The maximum Gasteiger partial charge on any atom is 0.223 e. The minimum Gasteiger partial charge on any atom is -0.317 e. The van der Waals surface area contributed by atoms with E-state index in [-0.39, 0.29) is 5.91 Å². The molecule has 1 aliphatic rings. The average Bonchev–Trinajstić information content (AvgIpc) is 2.90. The highest BCUT2D eigenvalue weighted by Crippen LogP contribution is 2.35. The predicted octanol–water partition coefficient (Wildman–Crippen LogP) is 4.51. The number of fused-ring (bicyclic) bond motifs is 1. The third-order valence-corrected chi connectivity index (χ3v) is 4.37. The van der Waals surface area contributed by atoms with Crippen molar-refractivity contribution in [3.8, 4) is 0 Å². The number of hydrogen-bond acceptors (Lipinski definition) is 2. The van der Waals surface area contributed by atoms with Crippen molar-refractivity contribution in [2.75, 3.05) is 24.5 Å². The third kappa shape index (κ3) is 5.98. The van der Waals surface area contributed by atoms with Gasteiger partial charge in [0.25, 0.3) is 0 Å². The predicted molar refractivity (Wildman–Crippen MR) is 100 cm³/mol. The minimum absolute atomic E-state index is 0.119. The van der Waals surface area contributed by atoms with Crippen LogP contribution in [0.25, 0.3) is 0 Å². The van der Waals surface area contributed by atoms with Crippen molar-refractivity contribution >= 4 is 11.6 Å². The maximum atomic E-state index is 11.5. The SMILES string of the molecule is CCCNCCC.CCN(C(C)=O)c1ccc2c(c1)C(C)CC2. The molecule has 0 bridgehead atoms. The molecule has 1 N–H and O–H groups in total. The molecule has 1 aromatic carbocycles. The van der Waals surface area contributed by atoms with Crippen molar-refractivity contribution in [1.82, 2.24) is 5.32 Å². The molecule has 1 aliphatic carbocycles. The highest BCUT2D eigenvalue weighted by molar-refractivity contribution is 5.91. The first kappa shape index (κ1) is 19.7. The van der Waals surface area contributed by atoms with Crippen LogP contribution < -0.4 is 10.2 Å². The van der Waals surface area contributed by atoms with Crippen LogP contribution in [0.2, 0.25) is 0 Å². The summed E-state index contributed by atoms with van der Waals surface area (Å²) in [4.78, 5) is 13.3. The van der Waals surface area contributed by atoms with Gasteiger partial charge < -0.3 is 10.2 Å². The standard InChI is InChI=1S/C14H19NO.C6H15N/c1-4-15(11(3)16)13-8-7-12-6-5-10(2)14(12)9-13;1-3-5-7-6-4-2/h7-10H,4-6H2,1-3H3;7H,3-6H2,1-2H3. The molecule has 0 aromatic heterocycles. The van der Waals surface area contributed by atoms with Crippen molar-refractivity contribution in [2.24, 2.45) is 0 Å². The summed E-state index contributed by atoms with van der Waals surface area (Å²) < 4.78 is 0. The number of hydrogen-bond donors (Lipinski definition) is 1. The van der Waals surface area contributed by atoms with Crippen LogP contribution in [-0.2, 0) is 11.2 Å². The van der Waals surface area contributed by atoms with Gasteiger partial charge in [0.15, 0.2) is 0 Å². The van der Waals surface area contributed by atoms with Crippen molar-refractivity contribution in [2.45, 2.75) is 66.2 Å². The number of benzene rings is 1. The number of carbonyl (C=O) groups is 1. The van der Waals surface area contributed by atoms with Crippen LogP contribution in [-0.4, -0.2) is 25.5 Å². The van der Waals surface area contributed by atoms with E-state index in [0.717, 1.165) is 12.2 Å². The fourth-order valence-electron chi connectivity index (χ4n) is 3.03. The first-order valence-electron chi connectivity index (χ1n) is 9.16. The van der Waals surface area contributed by atoms with E-state index in [1.54, 1.807) is 6.92 Å². The molecule has 0 saturated carbocycles. The lowest BCUT2D eigenvalue weighted by Gasteiger charge is -2.20. The van der Waals surface area contributed by atoms with E-state index in [1.807, 2.05) is 11.8 Å². The van der Waals surface area contributed by atoms with Crippen LogP contribution in [0.15, 0.2) is 18.2 Å². The summed E-state index contributed by atoms with van der Waals surface area (Å²) in [5, 5.41) is 3.28. The van der Waals surface area contributed by atoms with Crippen LogP contribution >= 0.6 is 0 Å². The summed E-state index contributed by atoms with van der Waals surface area (Å²) in [5.74, 6) is 0.758. The van der Waals surface area contributed by atoms with Gasteiger partial charge in [-0.05, 0) is 74.9 Å². The second-order valence-corrected chi connectivity index (χ2v) is 6.34. The highest BCUT2D eigenvalue weighted by Gasteiger charge is 2.20. The van der Waals surface area contributed by atoms with Gasteiger partial charge in [-0.2, -0.15) is 0 Å². The molecule has 1 amide bonds. The Morgan fingerprint density at radius 3 is 2.39 bits per heavy atom. The lowest BCUT2D eigenvalue weighted by Crippen LogP contribution is -2.27. The molecular weight excluding hydrogens is 284 g/mol. The lowest BCUT2D eigenvalue weighted by molar-refractivity contribution is -0.116. The summed E-state index contributed by atoms with van der Waals surface area (Å²) in [7, 11) is 0. The Hall–Kier alpha value is -1.35. The van der Waals surface area contributed by atoms with E-state index in [1.165, 1.54) is 49.9 Å². The molecule has 0 heterocycles. The number of aryl methyl sites for hydroxylation is 1. The fourth-order valence-corrected chi connectivity index (χ4v) is 3.03. The minimum atomic E-state index is 0.119. The molecule has 2 rings (SSSR count). The fraction of sp³-hybridized carbons (Fsp3) is 0.650. The molecule has 0 fully saturated rings. The Bertz CT molecular complexity index is 481. The topological polar surface area (TPSA) is 32.3 Å². The summed E-state index contributed by atoms with van der Waals surface area (Å²) in [5.41, 5.74) is 3.93. The summed E-state index contributed by atoms with van der Waals surface area (Å²) in [6, 6.07) is 6.44. The Balaban J connectivity index is 0.000000322. The summed E-state index contributed by atoms with van der Waals surface area (Å²) >= 11 is 0. The molecule has 3 heteroatoms. The van der Waals surface area contributed by atoms with Crippen LogP contribution in [0, 0.1) is 0 Å². The first-order chi connectivity index (χ1) is 11.0. The van der Waals surface area contributed by atoms with Crippen molar-refractivity contribution in [3.05, 3.63) is 29.3 Å². The Labute approximate surface area is 142 Å². The monoisotopic (exact) mass is 318 g/mol. The molecule has 1 aromatic rings. The van der Waals surface area contributed by atoms with Crippen LogP contribution in [0.3, 0.4) is 0 Å². The third-order valence-electron chi connectivity index (χ3n) is 4.37. The molecular formula is C20H34N2O. The van der Waals surface area contributed by atoms with Gasteiger partial charge in [-0.3, -0.25) is 4.79 Å². The van der Waals surface area contributed by atoms with Crippen LogP contribution in [0.1, 0.15) is 70.9 Å². The zero-order chi connectivity index (χ0) is 17.2. The summed E-state index contributed by atoms with van der Waals surface area (Å²) in [6.07, 6.45) is 4.92. The van der Waals surface area contributed by atoms with Gasteiger partial charge in [0, 0.05) is 19.2 Å². The van der Waals surface area contributed by atoms with E-state index in [9.17, 15) is 4.79 Å². The van der Waals surface area contributed by atoms with Crippen LogP contribution in [0.4, 0.5) is 5.69 Å². The highest BCUT2D eigenvalue weighted by atomic mass is 16.2. The second kappa shape index (κ2) is 10.4. The zero-order valence-corrected chi connectivity index (χ0v) is 15.6. The first-order valence-corrected chi connectivity index (χ1v) is 9.16. The molecule has 0 spiro atoms. The van der Waals surface area contributed by atoms with E-state index < -0.39 is 0 Å². The van der Waals surface area contributed by atoms with E-state index in [4.69, 9.17) is 0 Å². The van der Waals surface area contributed by atoms with Crippen molar-refractivity contribution in [1.29, 1.82) is 0 Å². The summed E-state index contributed by atoms with van der Waals surface area (Å²) in [6.45, 7) is 13.4.